The van der Waals surface area contributed by atoms with E-state index in [1.54, 1.807) is 25.1 Å². The van der Waals surface area contributed by atoms with E-state index in [4.69, 9.17) is 15.0 Å². The Kier molecular flexibility index (Phi) is 4.61. The van der Waals surface area contributed by atoms with Gasteiger partial charge >= 0.3 is 0 Å². The Hall–Kier alpha value is -2.32. The van der Waals surface area contributed by atoms with Crippen molar-refractivity contribution in [3.63, 3.8) is 0 Å². The number of nitro groups is 1. The van der Waals surface area contributed by atoms with Gasteiger partial charge < -0.3 is 15.0 Å². The highest BCUT2D eigenvalue weighted by Crippen LogP contribution is 2.31. The predicted octanol–water partition coefficient (Wildman–Crippen LogP) is 1.99. The third kappa shape index (κ3) is 3.23. The number of aryl methyl sites for hydroxylation is 1. The second-order valence-electron chi connectivity index (χ2n) is 4.45. The molecule has 21 heavy (non-hydrogen) atoms. The van der Waals surface area contributed by atoms with Crippen LogP contribution in [0.5, 0.6) is 0 Å². The maximum Gasteiger partial charge on any atom is 0.285 e. The molecule has 0 radical (unpaired) electrons. The molecule has 2 aromatic rings. The third-order valence-corrected chi connectivity index (χ3v) is 2.93. The quantitative estimate of drug-likeness (QED) is 0.638. The summed E-state index contributed by atoms with van der Waals surface area (Å²) < 4.78 is 10.3. The molecule has 1 atom stereocenters. The van der Waals surface area contributed by atoms with Crippen molar-refractivity contribution in [1.29, 1.82) is 0 Å². The zero-order valence-corrected chi connectivity index (χ0v) is 11.8. The lowest BCUT2D eigenvalue weighted by Crippen LogP contribution is -2.18. The molecular weight excluding hydrogens is 276 g/mol. The average Bonchev–Trinajstić information content (AvgIpc) is 2.93. The standard InChI is InChI=1S/C13H16N4O4/c1-3-20-7-10(14)12-15-13(21-16-12)9-6-4-5-8(2)11(9)17(18)19/h4-6,10H,3,7,14H2,1-2H3. The summed E-state index contributed by atoms with van der Waals surface area (Å²) in [6, 6.07) is 4.38. The Labute approximate surface area is 121 Å². The van der Waals surface area contributed by atoms with E-state index in [0.717, 1.165) is 0 Å². The number of hydrogen-bond donors (Lipinski definition) is 1. The van der Waals surface area contributed by atoms with Crippen LogP contribution in [0.25, 0.3) is 11.5 Å². The van der Waals surface area contributed by atoms with Crippen molar-refractivity contribution in [2.75, 3.05) is 13.2 Å². The minimum Gasteiger partial charge on any atom is -0.380 e. The van der Waals surface area contributed by atoms with Crippen LogP contribution in [0.2, 0.25) is 0 Å². The van der Waals surface area contributed by atoms with Crippen LogP contribution in [0.4, 0.5) is 5.69 Å². The van der Waals surface area contributed by atoms with Crippen molar-refractivity contribution >= 4 is 5.69 Å². The molecule has 0 saturated heterocycles. The van der Waals surface area contributed by atoms with E-state index < -0.39 is 11.0 Å². The van der Waals surface area contributed by atoms with Crippen LogP contribution in [0.15, 0.2) is 22.7 Å². The van der Waals surface area contributed by atoms with Gasteiger partial charge in [-0.2, -0.15) is 4.98 Å². The van der Waals surface area contributed by atoms with Gasteiger partial charge in [0.1, 0.15) is 5.56 Å². The van der Waals surface area contributed by atoms with Crippen LogP contribution in [-0.2, 0) is 4.74 Å². The molecule has 1 aromatic carbocycles. The van der Waals surface area contributed by atoms with Gasteiger partial charge in [-0.25, -0.2) is 0 Å². The molecule has 1 aromatic heterocycles. The number of para-hydroxylation sites is 1. The zero-order chi connectivity index (χ0) is 15.4. The van der Waals surface area contributed by atoms with Gasteiger partial charge in [0.15, 0.2) is 5.82 Å². The summed E-state index contributed by atoms with van der Waals surface area (Å²) in [7, 11) is 0. The zero-order valence-electron chi connectivity index (χ0n) is 11.8. The first-order valence-corrected chi connectivity index (χ1v) is 6.46. The second-order valence-corrected chi connectivity index (χ2v) is 4.45. The Balaban J connectivity index is 2.34. The highest BCUT2D eigenvalue weighted by molar-refractivity contribution is 5.69. The van der Waals surface area contributed by atoms with E-state index in [-0.39, 0.29) is 29.6 Å². The molecule has 8 nitrogen and oxygen atoms in total. The summed E-state index contributed by atoms with van der Waals surface area (Å²) >= 11 is 0. The Morgan fingerprint density at radius 3 is 2.95 bits per heavy atom. The second kappa shape index (κ2) is 6.42. The van der Waals surface area contributed by atoms with E-state index in [0.29, 0.717) is 12.2 Å². The van der Waals surface area contributed by atoms with Gasteiger partial charge in [0, 0.05) is 12.2 Å². The molecule has 0 bridgehead atoms. The van der Waals surface area contributed by atoms with E-state index in [2.05, 4.69) is 10.1 Å². The molecule has 0 aliphatic rings. The van der Waals surface area contributed by atoms with Crippen molar-refractivity contribution in [3.8, 4) is 11.5 Å². The maximum atomic E-state index is 11.2. The molecule has 1 heterocycles. The maximum absolute atomic E-state index is 11.2. The first-order valence-electron chi connectivity index (χ1n) is 6.46. The number of nitrogens with zero attached hydrogens (tertiary/aromatic N) is 3. The van der Waals surface area contributed by atoms with Crippen molar-refractivity contribution in [1.82, 2.24) is 10.1 Å². The lowest BCUT2D eigenvalue weighted by molar-refractivity contribution is -0.384. The fourth-order valence-corrected chi connectivity index (χ4v) is 1.89. The van der Waals surface area contributed by atoms with E-state index in [9.17, 15) is 10.1 Å². The lowest BCUT2D eigenvalue weighted by Gasteiger charge is -2.05. The van der Waals surface area contributed by atoms with Crippen molar-refractivity contribution in [2.24, 2.45) is 5.73 Å². The van der Waals surface area contributed by atoms with Crippen LogP contribution in [0.1, 0.15) is 24.4 Å². The average molecular weight is 292 g/mol. The third-order valence-electron chi connectivity index (χ3n) is 2.93. The topological polar surface area (TPSA) is 117 Å². The van der Waals surface area contributed by atoms with Crippen LogP contribution in [0, 0.1) is 17.0 Å². The largest absolute Gasteiger partial charge is 0.380 e. The molecule has 0 fully saturated rings. The normalized spacial score (nSPS) is 12.3. The molecule has 1 unspecified atom stereocenters. The van der Waals surface area contributed by atoms with Gasteiger partial charge in [0.25, 0.3) is 11.6 Å². The Morgan fingerprint density at radius 2 is 2.29 bits per heavy atom. The number of ether oxygens (including phenoxy) is 1. The van der Waals surface area contributed by atoms with E-state index in [1.807, 2.05) is 6.92 Å². The summed E-state index contributed by atoms with van der Waals surface area (Å²) in [6.45, 7) is 4.29. The molecule has 0 aliphatic heterocycles. The van der Waals surface area contributed by atoms with Crippen LogP contribution >= 0.6 is 0 Å². The summed E-state index contributed by atoms with van der Waals surface area (Å²) in [4.78, 5) is 14.8. The minimum absolute atomic E-state index is 0.0499. The smallest absolute Gasteiger partial charge is 0.285 e. The SMILES string of the molecule is CCOCC(N)c1noc(-c2cccc(C)c2[N+](=O)[O-])n1. The molecule has 2 N–H and O–H groups in total. The highest BCUT2D eigenvalue weighted by atomic mass is 16.6. The molecule has 2 rings (SSSR count). The lowest BCUT2D eigenvalue weighted by atomic mass is 10.1. The first-order chi connectivity index (χ1) is 10.0. The molecule has 8 heteroatoms. The summed E-state index contributed by atoms with van der Waals surface area (Å²) in [6.07, 6.45) is 0. The van der Waals surface area contributed by atoms with Crippen molar-refractivity contribution in [3.05, 3.63) is 39.7 Å². The summed E-state index contributed by atoms with van der Waals surface area (Å²) in [5, 5.41) is 14.9. The fraction of sp³-hybridized carbons (Fsp3) is 0.385. The van der Waals surface area contributed by atoms with Gasteiger partial charge in [-0.1, -0.05) is 17.3 Å². The number of nitrogens with two attached hydrogens (primary N) is 1. The molecular formula is C13H16N4O4. The number of benzene rings is 1. The van der Waals surface area contributed by atoms with E-state index >= 15 is 0 Å². The van der Waals surface area contributed by atoms with Crippen LogP contribution in [0.3, 0.4) is 0 Å². The van der Waals surface area contributed by atoms with Crippen LogP contribution < -0.4 is 5.73 Å². The fourth-order valence-electron chi connectivity index (χ4n) is 1.89. The van der Waals surface area contributed by atoms with Crippen molar-refractivity contribution in [2.45, 2.75) is 19.9 Å². The molecule has 0 saturated carbocycles. The Bertz CT molecular complexity index is 641. The number of nitro benzene ring substituents is 1. The predicted molar refractivity (Wildman–Crippen MR) is 74.5 cm³/mol. The summed E-state index contributed by atoms with van der Waals surface area (Å²) in [5.41, 5.74) is 6.61. The monoisotopic (exact) mass is 292 g/mol. The van der Waals surface area contributed by atoms with Gasteiger partial charge in [0.05, 0.1) is 17.6 Å². The number of aromatic nitrogens is 2. The van der Waals surface area contributed by atoms with Gasteiger partial charge in [-0.15, -0.1) is 0 Å². The van der Waals surface area contributed by atoms with Gasteiger partial charge in [0.2, 0.25) is 0 Å². The first kappa shape index (κ1) is 15.1. The van der Waals surface area contributed by atoms with Gasteiger partial charge in [-0.3, -0.25) is 10.1 Å². The van der Waals surface area contributed by atoms with Crippen LogP contribution in [-0.4, -0.2) is 28.3 Å². The van der Waals surface area contributed by atoms with E-state index in [1.165, 1.54) is 0 Å². The number of hydrogen-bond acceptors (Lipinski definition) is 7. The molecule has 0 aliphatic carbocycles. The van der Waals surface area contributed by atoms with Gasteiger partial charge in [-0.05, 0) is 19.9 Å². The number of rotatable bonds is 6. The minimum atomic E-state index is -0.536. The summed E-state index contributed by atoms with van der Waals surface area (Å²) in [5.74, 6) is 0.335. The molecule has 0 amide bonds. The highest BCUT2D eigenvalue weighted by Gasteiger charge is 2.24. The Morgan fingerprint density at radius 1 is 1.52 bits per heavy atom. The molecule has 112 valence electrons. The molecule has 0 spiro atoms. The van der Waals surface area contributed by atoms with Crippen molar-refractivity contribution < 1.29 is 14.2 Å².